The van der Waals surface area contributed by atoms with Crippen molar-refractivity contribution in [2.75, 3.05) is 12.4 Å². The molecule has 0 aliphatic carbocycles. The molecule has 0 spiro atoms. The Bertz CT molecular complexity index is 1480. The van der Waals surface area contributed by atoms with Crippen LogP contribution in [0.25, 0.3) is 16.9 Å². The summed E-state index contributed by atoms with van der Waals surface area (Å²) in [4.78, 5) is 18.0. The second-order valence-corrected chi connectivity index (χ2v) is 7.83. The number of carbonyl (C=O) groups excluding carboxylic acids is 1. The molecule has 2 heterocycles. The van der Waals surface area contributed by atoms with Crippen molar-refractivity contribution < 1.29 is 14.3 Å². The molecule has 1 amide bonds. The number of fused-ring (bicyclic) bond motifs is 1. The molecule has 6 heteroatoms. The van der Waals surface area contributed by atoms with Crippen molar-refractivity contribution in [1.29, 1.82) is 0 Å². The quantitative estimate of drug-likeness (QED) is 0.327. The summed E-state index contributed by atoms with van der Waals surface area (Å²) < 4.78 is 13.5. The van der Waals surface area contributed by atoms with Gasteiger partial charge in [-0.1, -0.05) is 36.4 Å². The molecule has 0 atom stereocenters. The first kappa shape index (κ1) is 21.3. The zero-order valence-electron chi connectivity index (χ0n) is 18.9. The van der Waals surface area contributed by atoms with Crippen molar-refractivity contribution in [3.8, 4) is 28.5 Å². The van der Waals surface area contributed by atoms with Crippen LogP contribution in [-0.4, -0.2) is 22.4 Å². The number of nitrogens with zero attached hydrogens (tertiary/aromatic N) is 2. The number of pyridine rings is 1. The van der Waals surface area contributed by atoms with Crippen LogP contribution in [0.2, 0.25) is 0 Å². The molecule has 0 unspecified atom stereocenters. The fraction of sp³-hybridized carbons (Fsp3) is 0.0714. The Hall–Kier alpha value is -4.58. The van der Waals surface area contributed by atoms with Crippen LogP contribution in [0.3, 0.4) is 0 Å². The molecule has 0 fully saturated rings. The Labute approximate surface area is 197 Å². The highest BCUT2D eigenvalue weighted by molar-refractivity contribution is 6.07. The van der Waals surface area contributed by atoms with Gasteiger partial charge in [0.25, 0.3) is 5.91 Å². The normalized spacial score (nSPS) is 10.8. The highest BCUT2D eigenvalue weighted by atomic mass is 16.5. The van der Waals surface area contributed by atoms with Gasteiger partial charge in [0.1, 0.15) is 22.9 Å². The Morgan fingerprint density at radius 1 is 0.912 bits per heavy atom. The van der Waals surface area contributed by atoms with E-state index >= 15 is 0 Å². The number of nitrogens with one attached hydrogen (secondary N) is 1. The van der Waals surface area contributed by atoms with Crippen molar-refractivity contribution in [3.05, 3.63) is 108 Å². The molecule has 3 aromatic carbocycles. The molecule has 34 heavy (non-hydrogen) atoms. The third kappa shape index (κ3) is 4.21. The standard InChI is InChI=1S/C28H23N3O3/c1-19-9-8-16-31-18-24(29-27(19)31)20-14-15-26(33-2)23(17-20)30-28(32)22-12-6-7-13-25(22)34-21-10-4-3-5-11-21/h3-18H,1-2H3,(H,30,32). The number of hydrogen-bond donors (Lipinski definition) is 1. The average Bonchev–Trinajstić information content (AvgIpc) is 3.31. The van der Waals surface area contributed by atoms with Gasteiger partial charge in [0, 0.05) is 18.0 Å². The highest BCUT2D eigenvalue weighted by Gasteiger charge is 2.16. The van der Waals surface area contributed by atoms with Crippen LogP contribution in [0.1, 0.15) is 15.9 Å². The Morgan fingerprint density at radius 2 is 1.71 bits per heavy atom. The minimum atomic E-state index is -0.298. The molecule has 0 bridgehead atoms. The monoisotopic (exact) mass is 449 g/mol. The molecule has 5 rings (SSSR count). The lowest BCUT2D eigenvalue weighted by Gasteiger charge is -2.14. The van der Waals surface area contributed by atoms with Gasteiger partial charge in [-0.25, -0.2) is 4.98 Å². The summed E-state index contributed by atoms with van der Waals surface area (Å²) in [6.07, 6.45) is 3.94. The number of methoxy groups -OCH3 is 1. The van der Waals surface area contributed by atoms with Gasteiger partial charge in [-0.2, -0.15) is 0 Å². The molecule has 0 saturated carbocycles. The first-order valence-electron chi connectivity index (χ1n) is 10.9. The number of para-hydroxylation sites is 2. The van der Waals surface area contributed by atoms with E-state index < -0.39 is 0 Å². The predicted molar refractivity (Wildman–Crippen MR) is 133 cm³/mol. The van der Waals surface area contributed by atoms with Crippen LogP contribution in [0.4, 0.5) is 5.69 Å². The largest absolute Gasteiger partial charge is 0.495 e. The van der Waals surface area contributed by atoms with Crippen LogP contribution < -0.4 is 14.8 Å². The maximum atomic E-state index is 13.3. The smallest absolute Gasteiger partial charge is 0.259 e. The molecule has 168 valence electrons. The Balaban J connectivity index is 1.46. The molecule has 2 aromatic heterocycles. The number of aryl methyl sites for hydroxylation is 1. The third-order valence-corrected chi connectivity index (χ3v) is 5.52. The number of imidazole rings is 1. The van der Waals surface area contributed by atoms with E-state index in [0.29, 0.717) is 28.5 Å². The molecule has 5 aromatic rings. The van der Waals surface area contributed by atoms with E-state index in [-0.39, 0.29) is 5.91 Å². The summed E-state index contributed by atoms with van der Waals surface area (Å²) in [7, 11) is 1.57. The number of carbonyl (C=O) groups is 1. The molecule has 0 aliphatic heterocycles. The summed E-state index contributed by atoms with van der Waals surface area (Å²) >= 11 is 0. The number of benzene rings is 3. The van der Waals surface area contributed by atoms with Gasteiger partial charge in [0.05, 0.1) is 24.1 Å². The zero-order valence-corrected chi connectivity index (χ0v) is 18.9. The average molecular weight is 450 g/mol. The number of aromatic nitrogens is 2. The SMILES string of the molecule is COc1ccc(-c2cn3cccc(C)c3n2)cc1NC(=O)c1ccccc1Oc1ccccc1. The minimum absolute atomic E-state index is 0.298. The molecule has 0 aliphatic rings. The van der Waals surface area contributed by atoms with E-state index in [9.17, 15) is 4.79 Å². The minimum Gasteiger partial charge on any atom is -0.495 e. The maximum absolute atomic E-state index is 13.3. The van der Waals surface area contributed by atoms with Crippen LogP contribution in [-0.2, 0) is 0 Å². The van der Waals surface area contributed by atoms with Crippen LogP contribution in [0.5, 0.6) is 17.2 Å². The van der Waals surface area contributed by atoms with Gasteiger partial charge in [-0.15, -0.1) is 0 Å². The van der Waals surface area contributed by atoms with Crippen molar-refractivity contribution in [3.63, 3.8) is 0 Å². The molecule has 6 nitrogen and oxygen atoms in total. The first-order chi connectivity index (χ1) is 16.6. The van der Waals surface area contributed by atoms with Crippen molar-refractivity contribution in [2.45, 2.75) is 6.92 Å². The van der Waals surface area contributed by atoms with Crippen molar-refractivity contribution >= 4 is 17.2 Å². The van der Waals surface area contributed by atoms with Gasteiger partial charge >= 0.3 is 0 Å². The number of rotatable bonds is 6. The van der Waals surface area contributed by atoms with Crippen LogP contribution in [0.15, 0.2) is 97.3 Å². The van der Waals surface area contributed by atoms with E-state index in [0.717, 1.165) is 22.5 Å². The number of anilines is 1. The lowest BCUT2D eigenvalue weighted by molar-refractivity contribution is 0.102. The fourth-order valence-corrected chi connectivity index (χ4v) is 3.81. The molecular formula is C28H23N3O3. The molecule has 1 N–H and O–H groups in total. The van der Waals surface area contributed by atoms with Gasteiger partial charge < -0.3 is 19.2 Å². The van der Waals surface area contributed by atoms with Crippen LogP contribution >= 0.6 is 0 Å². The van der Waals surface area contributed by atoms with Crippen molar-refractivity contribution in [2.24, 2.45) is 0 Å². The number of ether oxygens (including phenoxy) is 2. The number of hydrogen-bond acceptors (Lipinski definition) is 4. The van der Waals surface area contributed by atoms with Gasteiger partial charge in [0.15, 0.2) is 0 Å². The van der Waals surface area contributed by atoms with Crippen molar-refractivity contribution in [1.82, 2.24) is 9.38 Å². The first-order valence-corrected chi connectivity index (χ1v) is 10.9. The molecule has 0 radical (unpaired) electrons. The van der Waals surface area contributed by atoms with Gasteiger partial charge in [0.2, 0.25) is 0 Å². The van der Waals surface area contributed by atoms with Gasteiger partial charge in [-0.3, -0.25) is 4.79 Å². The molecule has 0 saturated heterocycles. The molecular weight excluding hydrogens is 426 g/mol. The van der Waals surface area contributed by atoms with E-state index in [2.05, 4.69) is 5.32 Å². The zero-order chi connectivity index (χ0) is 23.5. The fourth-order valence-electron chi connectivity index (χ4n) is 3.81. The van der Waals surface area contributed by atoms with E-state index in [4.69, 9.17) is 14.5 Å². The summed E-state index contributed by atoms with van der Waals surface area (Å²) in [6, 6.07) is 26.2. The summed E-state index contributed by atoms with van der Waals surface area (Å²) in [5, 5.41) is 2.98. The number of amides is 1. The summed E-state index contributed by atoms with van der Waals surface area (Å²) in [6.45, 7) is 2.03. The topological polar surface area (TPSA) is 64.9 Å². The third-order valence-electron chi connectivity index (χ3n) is 5.52. The Kier molecular flexibility index (Phi) is 5.70. The predicted octanol–water partition coefficient (Wildman–Crippen LogP) is 6.36. The van der Waals surface area contributed by atoms with E-state index in [1.54, 1.807) is 25.3 Å². The van der Waals surface area contributed by atoms with E-state index in [1.807, 2.05) is 90.4 Å². The highest BCUT2D eigenvalue weighted by Crippen LogP contribution is 2.32. The summed E-state index contributed by atoms with van der Waals surface area (Å²) in [5.74, 6) is 1.38. The second kappa shape index (κ2) is 9.11. The Morgan fingerprint density at radius 3 is 2.50 bits per heavy atom. The second-order valence-electron chi connectivity index (χ2n) is 7.83. The maximum Gasteiger partial charge on any atom is 0.259 e. The summed E-state index contributed by atoms with van der Waals surface area (Å²) in [5.41, 5.74) is 4.63. The van der Waals surface area contributed by atoms with Gasteiger partial charge in [-0.05, 0) is 61.0 Å². The van der Waals surface area contributed by atoms with E-state index in [1.165, 1.54) is 0 Å². The lowest BCUT2D eigenvalue weighted by Crippen LogP contribution is -2.13. The lowest BCUT2D eigenvalue weighted by atomic mass is 10.1. The van der Waals surface area contributed by atoms with Crippen LogP contribution in [0, 0.1) is 6.92 Å².